The molecule has 1 heterocycles. The van der Waals surface area contributed by atoms with Crippen LogP contribution in [0.1, 0.15) is 31.2 Å². The molecule has 2 amide bonds. The Labute approximate surface area is 133 Å². The van der Waals surface area contributed by atoms with E-state index in [0.29, 0.717) is 18.1 Å². The lowest BCUT2D eigenvalue weighted by Gasteiger charge is -2.22. The number of carbonyl (C=O) groups excluding carboxylic acids is 2. The van der Waals surface area contributed by atoms with Gasteiger partial charge in [0.2, 0.25) is 11.8 Å². The molecule has 3 atom stereocenters. The Morgan fingerprint density at radius 1 is 1.36 bits per heavy atom. The molecule has 118 valence electrons. The topological polar surface area (TPSA) is 49.4 Å². The van der Waals surface area contributed by atoms with Gasteiger partial charge in [-0.3, -0.25) is 9.59 Å². The molecule has 22 heavy (non-hydrogen) atoms. The lowest BCUT2D eigenvalue weighted by molar-refractivity contribution is -0.137. The number of thioether (sulfide) groups is 1. The molecule has 1 N–H and O–H groups in total. The van der Waals surface area contributed by atoms with E-state index < -0.39 is 0 Å². The first-order valence-corrected chi connectivity index (χ1v) is 8.68. The summed E-state index contributed by atoms with van der Waals surface area (Å²) in [5, 5.41) is 3.03. The van der Waals surface area contributed by atoms with Crippen LogP contribution in [0.4, 0.5) is 4.39 Å². The minimum absolute atomic E-state index is 0.0241. The fraction of sp³-hybridized carbons (Fsp3) is 0.500. The Balaban J connectivity index is 1.57. The van der Waals surface area contributed by atoms with Gasteiger partial charge in [-0.05, 0) is 24.1 Å². The van der Waals surface area contributed by atoms with Crippen LogP contribution in [0.15, 0.2) is 24.3 Å². The number of amides is 2. The zero-order valence-electron chi connectivity index (χ0n) is 12.4. The van der Waals surface area contributed by atoms with Gasteiger partial charge >= 0.3 is 0 Å². The summed E-state index contributed by atoms with van der Waals surface area (Å²) in [6.07, 6.45) is 1.30. The van der Waals surface area contributed by atoms with E-state index in [9.17, 15) is 14.0 Å². The van der Waals surface area contributed by atoms with Crippen LogP contribution in [0.2, 0.25) is 0 Å². The third kappa shape index (κ3) is 3.11. The molecule has 1 aromatic rings. The molecule has 0 spiro atoms. The normalized spacial score (nSPS) is 26.8. The van der Waals surface area contributed by atoms with Gasteiger partial charge in [0.25, 0.3) is 0 Å². The van der Waals surface area contributed by atoms with Crippen molar-refractivity contribution in [2.45, 2.75) is 37.8 Å². The molecule has 4 nitrogen and oxygen atoms in total. The first kappa shape index (κ1) is 15.3. The summed E-state index contributed by atoms with van der Waals surface area (Å²) in [6, 6.07) is 6.17. The highest BCUT2D eigenvalue weighted by Gasteiger charge is 2.42. The number of hydrogen-bond acceptors (Lipinski definition) is 3. The van der Waals surface area contributed by atoms with Crippen LogP contribution in [0, 0.1) is 5.82 Å². The molecule has 0 unspecified atom stereocenters. The Morgan fingerprint density at radius 2 is 2.09 bits per heavy atom. The number of benzene rings is 1. The summed E-state index contributed by atoms with van der Waals surface area (Å²) in [5.41, 5.74) is 1.05. The third-order valence-electron chi connectivity index (χ3n) is 4.22. The van der Waals surface area contributed by atoms with E-state index in [0.717, 1.165) is 12.0 Å². The van der Waals surface area contributed by atoms with Crippen molar-refractivity contribution in [2.75, 3.05) is 11.6 Å². The Hall–Kier alpha value is -1.56. The first-order chi connectivity index (χ1) is 10.6. The standard InChI is InChI=1S/C16H19FN2O2S/c1-2-15(20)19-9-22-8-14(19)16(21)18-13-7-12(13)10-3-5-11(17)6-4-10/h3-6,12-14H,2,7-9H2,1H3,(H,18,21)/t12-,13-,14+/m0/s1. The van der Waals surface area contributed by atoms with E-state index in [1.807, 2.05) is 6.92 Å². The van der Waals surface area contributed by atoms with Gasteiger partial charge in [-0.25, -0.2) is 4.39 Å². The molecule has 1 aliphatic carbocycles. The average Bonchev–Trinajstić information content (AvgIpc) is 3.10. The lowest BCUT2D eigenvalue weighted by Crippen LogP contribution is -2.47. The van der Waals surface area contributed by atoms with E-state index in [-0.39, 0.29) is 35.6 Å². The molecular weight excluding hydrogens is 303 g/mol. The van der Waals surface area contributed by atoms with Crippen molar-refractivity contribution < 1.29 is 14.0 Å². The molecule has 3 rings (SSSR count). The molecule has 0 bridgehead atoms. The van der Waals surface area contributed by atoms with E-state index >= 15 is 0 Å². The Kier molecular flexibility index (Phi) is 4.38. The third-order valence-corrected chi connectivity index (χ3v) is 5.24. The molecule has 2 fully saturated rings. The SMILES string of the molecule is CCC(=O)N1CSC[C@@H]1C(=O)N[C@H]1C[C@H]1c1ccc(F)cc1. The average molecular weight is 322 g/mol. The molecule has 6 heteroatoms. The van der Waals surface area contributed by atoms with Crippen LogP contribution in [0.25, 0.3) is 0 Å². The van der Waals surface area contributed by atoms with E-state index in [1.165, 1.54) is 12.1 Å². The molecule has 0 radical (unpaired) electrons. The summed E-state index contributed by atoms with van der Waals surface area (Å²) >= 11 is 1.61. The molecule has 2 aliphatic rings. The second-order valence-electron chi connectivity index (χ2n) is 5.74. The summed E-state index contributed by atoms with van der Waals surface area (Å²) in [4.78, 5) is 25.9. The molecule has 1 saturated heterocycles. The monoisotopic (exact) mass is 322 g/mol. The smallest absolute Gasteiger partial charge is 0.243 e. The highest BCUT2D eigenvalue weighted by molar-refractivity contribution is 7.99. The number of nitrogens with one attached hydrogen (secondary N) is 1. The number of carbonyl (C=O) groups is 2. The van der Waals surface area contributed by atoms with Gasteiger partial charge in [0.05, 0.1) is 5.88 Å². The zero-order valence-corrected chi connectivity index (χ0v) is 13.2. The Bertz CT molecular complexity index is 578. The van der Waals surface area contributed by atoms with Crippen molar-refractivity contribution >= 4 is 23.6 Å². The summed E-state index contributed by atoms with van der Waals surface area (Å²) in [7, 11) is 0. The van der Waals surface area contributed by atoms with Crippen LogP contribution in [0.3, 0.4) is 0 Å². The summed E-state index contributed by atoms with van der Waals surface area (Å²) < 4.78 is 12.9. The number of rotatable bonds is 4. The van der Waals surface area contributed by atoms with Crippen molar-refractivity contribution in [1.29, 1.82) is 0 Å². The molecule has 1 aliphatic heterocycles. The fourth-order valence-electron chi connectivity index (χ4n) is 2.82. The Morgan fingerprint density at radius 3 is 2.77 bits per heavy atom. The second-order valence-corrected chi connectivity index (χ2v) is 6.74. The molecule has 1 aromatic carbocycles. The zero-order chi connectivity index (χ0) is 15.7. The lowest BCUT2D eigenvalue weighted by atomic mass is 10.1. The quantitative estimate of drug-likeness (QED) is 0.924. The maximum Gasteiger partial charge on any atom is 0.243 e. The van der Waals surface area contributed by atoms with Gasteiger partial charge in [-0.2, -0.15) is 0 Å². The number of hydrogen-bond donors (Lipinski definition) is 1. The summed E-state index contributed by atoms with van der Waals surface area (Å²) in [5.74, 6) is 1.22. The van der Waals surface area contributed by atoms with Crippen molar-refractivity contribution in [3.63, 3.8) is 0 Å². The van der Waals surface area contributed by atoms with Crippen LogP contribution in [-0.2, 0) is 9.59 Å². The first-order valence-electron chi connectivity index (χ1n) is 7.53. The maximum atomic E-state index is 12.9. The largest absolute Gasteiger partial charge is 0.351 e. The second kappa shape index (κ2) is 6.28. The van der Waals surface area contributed by atoms with Gasteiger partial charge in [0.1, 0.15) is 11.9 Å². The van der Waals surface area contributed by atoms with Gasteiger partial charge in [0, 0.05) is 24.1 Å². The maximum absolute atomic E-state index is 12.9. The van der Waals surface area contributed by atoms with Crippen molar-refractivity contribution in [1.82, 2.24) is 10.2 Å². The molecular formula is C16H19FN2O2S. The predicted octanol–water partition coefficient (Wildman–Crippen LogP) is 2.11. The fourth-order valence-corrected chi connectivity index (χ4v) is 4.00. The van der Waals surface area contributed by atoms with Crippen LogP contribution in [0.5, 0.6) is 0 Å². The van der Waals surface area contributed by atoms with Crippen LogP contribution in [-0.4, -0.2) is 40.4 Å². The molecule has 1 saturated carbocycles. The van der Waals surface area contributed by atoms with E-state index in [1.54, 1.807) is 28.8 Å². The van der Waals surface area contributed by atoms with Crippen molar-refractivity contribution in [3.8, 4) is 0 Å². The predicted molar refractivity (Wildman–Crippen MR) is 83.9 cm³/mol. The number of halogens is 1. The van der Waals surface area contributed by atoms with Gasteiger partial charge < -0.3 is 10.2 Å². The van der Waals surface area contributed by atoms with E-state index in [2.05, 4.69) is 5.32 Å². The van der Waals surface area contributed by atoms with Crippen molar-refractivity contribution in [2.24, 2.45) is 0 Å². The summed E-state index contributed by atoms with van der Waals surface area (Å²) in [6.45, 7) is 1.81. The minimum Gasteiger partial charge on any atom is -0.351 e. The van der Waals surface area contributed by atoms with Gasteiger partial charge in [-0.15, -0.1) is 11.8 Å². The highest BCUT2D eigenvalue weighted by Crippen LogP contribution is 2.41. The van der Waals surface area contributed by atoms with Gasteiger partial charge in [0.15, 0.2) is 0 Å². The highest BCUT2D eigenvalue weighted by atomic mass is 32.2. The van der Waals surface area contributed by atoms with Crippen LogP contribution >= 0.6 is 11.8 Å². The van der Waals surface area contributed by atoms with Gasteiger partial charge in [-0.1, -0.05) is 19.1 Å². The van der Waals surface area contributed by atoms with Crippen LogP contribution < -0.4 is 5.32 Å². The molecule has 0 aromatic heterocycles. The minimum atomic E-state index is -0.355. The van der Waals surface area contributed by atoms with E-state index in [4.69, 9.17) is 0 Å². The number of nitrogens with zero attached hydrogens (tertiary/aromatic N) is 1. The van der Waals surface area contributed by atoms with Crippen molar-refractivity contribution in [3.05, 3.63) is 35.6 Å².